The molecular weight excluding hydrogens is 611 g/mol. The molecule has 1 spiro atoms. The van der Waals surface area contributed by atoms with Crippen molar-refractivity contribution in [3.05, 3.63) is 179 Å². The molecule has 5 heteroatoms. The van der Waals surface area contributed by atoms with Crippen molar-refractivity contribution in [2.75, 3.05) is 4.90 Å². The first-order valence-corrected chi connectivity index (χ1v) is 17.4. The van der Waals surface area contributed by atoms with Crippen LogP contribution in [0.3, 0.4) is 0 Å². The Morgan fingerprint density at radius 1 is 0.520 bits per heavy atom. The molecule has 1 aliphatic carbocycles. The average molecular weight is 637 g/mol. The van der Waals surface area contributed by atoms with Gasteiger partial charge in [-0.1, -0.05) is 109 Å². The van der Waals surface area contributed by atoms with E-state index >= 15 is 0 Å². The van der Waals surface area contributed by atoms with Crippen molar-refractivity contribution in [2.45, 2.75) is 11.3 Å². The van der Waals surface area contributed by atoms with Crippen LogP contribution in [-0.2, 0) is 5.41 Å². The summed E-state index contributed by atoms with van der Waals surface area (Å²) < 4.78 is 14.1. The van der Waals surface area contributed by atoms with Crippen LogP contribution in [-0.4, -0.2) is 12.5 Å². The summed E-state index contributed by atoms with van der Waals surface area (Å²) in [7, 11) is 0. The van der Waals surface area contributed by atoms with Gasteiger partial charge in [-0.25, -0.2) is 4.99 Å². The van der Waals surface area contributed by atoms with E-state index in [2.05, 4.69) is 150 Å². The van der Waals surface area contributed by atoms with Crippen molar-refractivity contribution in [3.63, 3.8) is 0 Å². The number of hydrogen-bond donors (Lipinski definition) is 0. The fourth-order valence-electron chi connectivity index (χ4n) is 10.3. The van der Waals surface area contributed by atoms with Crippen molar-refractivity contribution >= 4 is 46.0 Å². The molecule has 0 N–H and O–H groups in total. The molecule has 5 aliphatic heterocycles. The van der Waals surface area contributed by atoms with E-state index in [4.69, 9.17) is 14.5 Å². The number of nitrogens with zero attached hydrogens (tertiary/aromatic N) is 2. The fourth-order valence-corrected chi connectivity index (χ4v) is 10.3. The van der Waals surface area contributed by atoms with Crippen LogP contribution in [0, 0.1) is 0 Å². The fraction of sp³-hybridized carbons (Fsp3) is 0.0444. The highest BCUT2D eigenvalue weighted by Crippen LogP contribution is 2.59. The van der Waals surface area contributed by atoms with Gasteiger partial charge in [-0.15, -0.1) is 0 Å². The summed E-state index contributed by atoms with van der Waals surface area (Å²) in [6.45, 7) is -0.00816. The number of aliphatic imine (C=N–C) groups is 1. The van der Waals surface area contributed by atoms with Gasteiger partial charge in [-0.3, -0.25) is 4.90 Å². The maximum Gasteiger partial charge on any atom is 0.261 e. The maximum absolute atomic E-state index is 7.04. The number of amidine groups is 1. The summed E-state index contributed by atoms with van der Waals surface area (Å²) in [5, 5.41) is 0. The predicted octanol–water partition coefficient (Wildman–Crippen LogP) is 8.42. The Morgan fingerprint density at radius 2 is 1.08 bits per heavy atom. The lowest BCUT2D eigenvalue weighted by atomic mass is 9.29. The predicted molar refractivity (Wildman–Crippen MR) is 199 cm³/mol. The number of anilines is 2. The smallest absolute Gasteiger partial charge is 0.261 e. The first-order chi connectivity index (χ1) is 24.8. The molecule has 4 nitrogen and oxygen atoms in total. The van der Waals surface area contributed by atoms with Crippen molar-refractivity contribution < 1.29 is 9.47 Å². The molecule has 0 bridgehead atoms. The first kappa shape index (κ1) is 25.7. The van der Waals surface area contributed by atoms with Crippen LogP contribution < -0.4 is 30.8 Å². The van der Waals surface area contributed by atoms with E-state index in [1.54, 1.807) is 0 Å². The minimum absolute atomic E-state index is 0.00816. The summed E-state index contributed by atoms with van der Waals surface area (Å²) in [4.78, 5) is 7.52. The van der Waals surface area contributed by atoms with Gasteiger partial charge >= 0.3 is 0 Å². The zero-order valence-corrected chi connectivity index (χ0v) is 26.7. The van der Waals surface area contributed by atoms with Gasteiger partial charge in [0.05, 0.1) is 28.4 Å². The van der Waals surface area contributed by atoms with Gasteiger partial charge in [0.2, 0.25) is 0 Å². The second-order valence-electron chi connectivity index (χ2n) is 14.1. The molecule has 6 aliphatic rings. The van der Waals surface area contributed by atoms with E-state index in [9.17, 15) is 0 Å². The summed E-state index contributed by atoms with van der Waals surface area (Å²) in [5.41, 5.74) is 16.6. The zero-order valence-electron chi connectivity index (χ0n) is 26.7. The standard InChI is InChI=1S/C45H25BN2O2/c1-5-15-30-26(11-1)27-12-2-6-16-31(27)45(30)32-17-9-21-36-41(32)46-42-33(45)18-10-22-37(42)50-39-24-25(23-38(49-36)43(39)46)48-35-20-8-4-14-29(35)40-28-13-3-7-19-34(28)47-44(40)48/h1-24,40H. The van der Waals surface area contributed by atoms with Gasteiger partial charge in [-0.05, 0) is 79.7 Å². The van der Waals surface area contributed by atoms with Crippen molar-refractivity contribution in [2.24, 2.45) is 4.99 Å². The molecule has 0 saturated heterocycles. The summed E-state index contributed by atoms with van der Waals surface area (Å²) in [6, 6.07) is 52.8. The molecule has 13 rings (SSSR count). The van der Waals surface area contributed by atoms with Crippen LogP contribution in [0.2, 0.25) is 0 Å². The summed E-state index contributed by atoms with van der Waals surface area (Å²) >= 11 is 0. The number of benzene rings is 7. The average Bonchev–Trinajstić information content (AvgIpc) is 3.79. The third kappa shape index (κ3) is 2.77. The highest BCUT2D eigenvalue weighted by atomic mass is 16.5. The molecule has 1 atom stereocenters. The van der Waals surface area contributed by atoms with E-state index in [0.717, 1.165) is 51.4 Å². The minimum atomic E-state index is -0.480. The molecule has 0 aromatic heterocycles. The third-order valence-electron chi connectivity index (χ3n) is 12.0. The topological polar surface area (TPSA) is 34.1 Å². The Balaban J connectivity index is 1.07. The van der Waals surface area contributed by atoms with Gasteiger partial charge in [0, 0.05) is 17.6 Å². The lowest BCUT2D eigenvalue weighted by molar-refractivity contribution is 0.462. The number of fused-ring (bicyclic) bond motifs is 12. The number of rotatable bonds is 1. The number of hydrogen-bond acceptors (Lipinski definition) is 4. The highest BCUT2D eigenvalue weighted by molar-refractivity contribution is 6.99. The first-order valence-electron chi connectivity index (χ1n) is 17.4. The van der Waals surface area contributed by atoms with E-state index in [0.29, 0.717) is 0 Å². The SMILES string of the molecule is c1ccc2c(c1)N=C1C2c2ccccc2N1c1cc2c3c(c1)Oc1cccc4c1B3c1c(cccc1C41c3ccccc3-c3ccccc31)O2. The van der Waals surface area contributed by atoms with Gasteiger partial charge in [-0.2, -0.15) is 0 Å². The molecule has 0 radical (unpaired) electrons. The minimum Gasteiger partial charge on any atom is -0.458 e. The van der Waals surface area contributed by atoms with Crippen LogP contribution >= 0.6 is 0 Å². The van der Waals surface area contributed by atoms with Crippen LogP contribution in [0.4, 0.5) is 17.1 Å². The molecule has 0 fully saturated rings. The van der Waals surface area contributed by atoms with E-state index in [-0.39, 0.29) is 12.6 Å². The maximum atomic E-state index is 7.04. The Kier molecular flexibility index (Phi) is 4.43. The van der Waals surface area contributed by atoms with Crippen LogP contribution in [0.1, 0.15) is 39.3 Å². The molecule has 7 aromatic rings. The lowest BCUT2D eigenvalue weighted by Gasteiger charge is -2.46. The highest BCUT2D eigenvalue weighted by Gasteiger charge is 2.57. The molecule has 1 unspecified atom stereocenters. The number of para-hydroxylation sites is 2. The van der Waals surface area contributed by atoms with Gasteiger partial charge < -0.3 is 9.47 Å². The Hall–Kier alpha value is -6.33. The third-order valence-corrected chi connectivity index (χ3v) is 12.0. The van der Waals surface area contributed by atoms with Crippen molar-refractivity contribution in [1.82, 2.24) is 0 Å². The van der Waals surface area contributed by atoms with E-state index in [1.807, 2.05) is 0 Å². The second-order valence-corrected chi connectivity index (χ2v) is 14.1. The van der Waals surface area contributed by atoms with E-state index < -0.39 is 5.41 Å². The van der Waals surface area contributed by atoms with Gasteiger partial charge in [0.1, 0.15) is 28.8 Å². The monoisotopic (exact) mass is 636 g/mol. The van der Waals surface area contributed by atoms with Crippen LogP contribution in [0.25, 0.3) is 11.1 Å². The summed E-state index contributed by atoms with van der Waals surface area (Å²) in [5.74, 6) is 4.62. The molecule has 0 amide bonds. The lowest BCUT2D eigenvalue weighted by Crippen LogP contribution is -2.65. The Labute approximate surface area is 289 Å². The number of ether oxygens (including phenoxy) is 2. The quantitative estimate of drug-likeness (QED) is 0.170. The van der Waals surface area contributed by atoms with E-state index in [1.165, 1.54) is 55.4 Å². The zero-order chi connectivity index (χ0) is 32.3. The van der Waals surface area contributed by atoms with Gasteiger partial charge in [0.25, 0.3) is 6.71 Å². The van der Waals surface area contributed by atoms with Gasteiger partial charge in [0.15, 0.2) is 0 Å². The van der Waals surface area contributed by atoms with Crippen LogP contribution in [0.15, 0.2) is 151 Å². The van der Waals surface area contributed by atoms with Crippen molar-refractivity contribution in [1.29, 1.82) is 0 Å². The van der Waals surface area contributed by atoms with Crippen LogP contribution in [0.5, 0.6) is 23.0 Å². The summed E-state index contributed by atoms with van der Waals surface area (Å²) in [6.07, 6.45) is 0. The molecule has 230 valence electrons. The second kappa shape index (κ2) is 8.63. The molecular formula is C45H25BN2O2. The molecule has 50 heavy (non-hydrogen) atoms. The molecule has 7 aromatic carbocycles. The Bertz CT molecular complexity index is 2640. The van der Waals surface area contributed by atoms with Crippen molar-refractivity contribution in [3.8, 4) is 34.1 Å². The molecule has 0 saturated carbocycles. The Morgan fingerprint density at radius 3 is 1.76 bits per heavy atom. The normalized spacial score (nSPS) is 17.5. The largest absolute Gasteiger partial charge is 0.458 e. The molecule has 5 heterocycles.